The van der Waals surface area contributed by atoms with Gasteiger partial charge < -0.3 is 9.84 Å². The van der Waals surface area contributed by atoms with E-state index < -0.39 is 0 Å². The molecule has 3 rings (SSSR count). The molecule has 0 unspecified atom stereocenters. The summed E-state index contributed by atoms with van der Waals surface area (Å²) in [6.07, 6.45) is 0. The number of fused-ring (bicyclic) bond motifs is 1. The summed E-state index contributed by atoms with van der Waals surface area (Å²) < 4.78 is 5.74. The van der Waals surface area contributed by atoms with E-state index in [4.69, 9.17) is 21.6 Å². The van der Waals surface area contributed by atoms with E-state index in [2.05, 4.69) is 6.07 Å². The molecule has 0 aliphatic carbocycles. The molecule has 0 amide bonds. The van der Waals surface area contributed by atoms with Crippen LogP contribution in [0.2, 0.25) is 5.02 Å². The van der Waals surface area contributed by atoms with Gasteiger partial charge in [-0.3, -0.25) is 0 Å². The molecule has 0 aliphatic heterocycles. The van der Waals surface area contributed by atoms with E-state index >= 15 is 0 Å². The van der Waals surface area contributed by atoms with Gasteiger partial charge in [-0.2, -0.15) is 5.26 Å². The van der Waals surface area contributed by atoms with Crippen LogP contribution in [0.25, 0.3) is 10.8 Å². The number of ether oxygens (including phenoxy) is 1. The first-order valence-corrected chi connectivity index (χ1v) is 6.64. The Morgan fingerprint density at radius 1 is 0.952 bits per heavy atom. The molecule has 0 aromatic heterocycles. The SMILES string of the molecule is N#Cc1cc(Cl)ccc1Oc1ccc2ccc(O)cc2c1. The lowest BCUT2D eigenvalue weighted by atomic mass is 10.1. The molecule has 0 atom stereocenters. The number of phenols is 1. The molecule has 0 saturated heterocycles. The van der Waals surface area contributed by atoms with Gasteiger partial charge in [0.25, 0.3) is 0 Å². The monoisotopic (exact) mass is 295 g/mol. The zero-order valence-corrected chi connectivity index (χ0v) is 11.6. The minimum Gasteiger partial charge on any atom is -0.508 e. The highest BCUT2D eigenvalue weighted by Gasteiger charge is 2.06. The van der Waals surface area contributed by atoms with Gasteiger partial charge in [0.15, 0.2) is 0 Å². The van der Waals surface area contributed by atoms with Gasteiger partial charge in [0.1, 0.15) is 23.3 Å². The summed E-state index contributed by atoms with van der Waals surface area (Å²) in [7, 11) is 0. The molecule has 3 aromatic rings. The smallest absolute Gasteiger partial charge is 0.145 e. The average molecular weight is 296 g/mol. The molecule has 3 aromatic carbocycles. The molecule has 3 nitrogen and oxygen atoms in total. The number of hydrogen-bond acceptors (Lipinski definition) is 3. The van der Waals surface area contributed by atoms with E-state index in [0.29, 0.717) is 22.1 Å². The highest BCUT2D eigenvalue weighted by molar-refractivity contribution is 6.30. The summed E-state index contributed by atoms with van der Waals surface area (Å²) in [6, 6.07) is 17.6. The molecule has 0 radical (unpaired) electrons. The lowest BCUT2D eigenvalue weighted by molar-refractivity contribution is 0.476. The summed E-state index contributed by atoms with van der Waals surface area (Å²) in [6.45, 7) is 0. The van der Waals surface area contributed by atoms with Gasteiger partial charge in [-0.1, -0.05) is 23.7 Å². The van der Waals surface area contributed by atoms with Crippen LogP contribution >= 0.6 is 11.6 Å². The molecule has 0 saturated carbocycles. The van der Waals surface area contributed by atoms with Crippen molar-refractivity contribution in [2.75, 3.05) is 0 Å². The van der Waals surface area contributed by atoms with Gasteiger partial charge in [0.05, 0.1) is 5.56 Å². The fourth-order valence-electron chi connectivity index (χ4n) is 2.08. The first-order chi connectivity index (χ1) is 10.2. The summed E-state index contributed by atoms with van der Waals surface area (Å²) in [5.41, 5.74) is 0.374. The Hall–Kier alpha value is -2.70. The number of aromatic hydroxyl groups is 1. The van der Waals surface area contributed by atoms with Gasteiger partial charge in [0.2, 0.25) is 0 Å². The Kier molecular flexibility index (Phi) is 3.39. The summed E-state index contributed by atoms with van der Waals surface area (Å²) in [4.78, 5) is 0. The maximum atomic E-state index is 9.53. The fourth-order valence-corrected chi connectivity index (χ4v) is 2.25. The van der Waals surface area contributed by atoms with Crippen molar-refractivity contribution in [3.63, 3.8) is 0 Å². The molecule has 0 heterocycles. The Balaban J connectivity index is 2.00. The standard InChI is InChI=1S/C17H10ClNO2/c18-14-3-6-17(13(7-14)10-19)21-16-5-2-11-1-4-15(20)8-12(11)9-16/h1-9,20H. The Morgan fingerprint density at radius 3 is 2.57 bits per heavy atom. The zero-order chi connectivity index (χ0) is 14.8. The summed E-state index contributed by atoms with van der Waals surface area (Å²) >= 11 is 5.86. The maximum Gasteiger partial charge on any atom is 0.145 e. The van der Waals surface area contributed by atoms with Crippen molar-refractivity contribution in [3.05, 3.63) is 65.2 Å². The largest absolute Gasteiger partial charge is 0.508 e. The molecular formula is C17H10ClNO2. The van der Waals surface area contributed by atoms with E-state index in [1.54, 1.807) is 30.3 Å². The van der Waals surface area contributed by atoms with Gasteiger partial charge >= 0.3 is 0 Å². The third-order valence-corrected chi connectivity index (χ3v) is 3.32. The lowest BCUT2D eigenvalue weighted by Crippen LogP contribution is -1.88. The highest BCUT2D eigenvalue weighted by atomic mass is 35.5. The van der Waals surface area contributed by atoms with Crippen LogP contribution in [-0.4, -0.2) is 5.11 Å². The number of benzene rings is 3. The summed E-state index contributed by atoms with van der Waals surface area (Å²) in [5, 5.41) is 21.0. The van der Waals surface area contributed by atoms with Crippen molar-refractivity contribution in [3.8, 4) is 23.3 Å². The molecule has 0 fully saturated rings. The third-order valence-electron chi connectivity index (χ3n) is 3.09. The predicted molar refractivity (Wildman–Crippen MR) is 81.9 cm³/mol. The van der Waals surface area contributed by atoms with Crippen LogP contribution in [0.1, 0.15) is 5.56 Å². The van der Waals surface area contributed by atoms with Crippen molar-refractivity contribution in [1.29, 1.82) is 5.26 Å². The quantitative estimate of drug-likeness (QED) is 0.734. The molecule has 0 aliphatic rings. The number of halogens is 1. The highest BCUT2D eigenvalue weighted by Crippen LogP contribution is 2.30. The fraction of sp³-hybridized carbons (Fsp3) is 0. The Bertz CT molecular complexity index is 868. The van der Waals surface area contributed by atoms with Crippen LogP contribution in [0, 0.1) is 11.3 Å². The van der Waals surface area contributed by atoms with Crippen LogP contribution in [-0.2, 0) is 0 Å². The van der Waals surface area contributed by atoms with Gasteiger partial charge in [0, 0.05) is 5.02 Å². The molecule has 1 N–H and O–H groups in total. The third kappa shape index (κ3) is 2.76. The van der Waals surface area contributed by atoms with Crippen molar-refractivity contribution in [2.24, 2.45) is 0 Å². The number of nitriles is 1. The van der Waals surface area contributed by atoms with Crippen molar-refractivity contribution in [1.82, 2.24) is 0 Å². The second kappa shape index (κ2) is 5.35. The zero-order valence-electron chi connectivity index (χ0n) is 10.9. The summed E-state index contributed by atoms with van der Waals surface area (Å²) in [5.74, 6) is 1.23. The Labute approximate surface area is 126 Å². The maximum absolute atomic E-state index is 9.53. The van der Waals surface area contributed by atoms with Gasteiger partial charge in [-0.15, -0.1) is 0 Å². The number of nitrogens with zero attached hydrogens (tertiary/aromatic N) is 1. The molecule has 21 heavy (non-hydrogen) atoms. The second-order valence-corrected chi connectivity index (χ2v) is 4.98. The lowest BCUT2D eigenvalue weighted by Gasteiger charge is -2.09. The first kappa shape index (κ1) is 13.3. The molecule has 4 heteroatoms. The van der Waals surface area contributed by atoms with Crippen molar-refractivity contribution < 1.29 is 9.84 Å². The normalized spacial score (nSPS) is 10.3. The average Bonchev–Trinajstić information content (AvgIpc) is 2.48. The molecular weight excluding hydrogens is 286 g/mol. The molecule has 0 spiro atoms. The first-order valence-electron chi connectivity index (χ1n) is 6.26. The van der Waals surface area contributed by atoms with Crippen molar-refractivity contribution in [2.45, 2.75) is 0 Å². The predicted octanol–water partition coefficient (Wildman–Crippen LogP) is 4.86. The van der Waals surface area contributed by atoms with Crippen LogP contribution in [0.3, 0.4) is 0 Å². The van der Waals surface area contributed by atoms with Crippen molar-refractivity contribution >= 4 is 22.4 Å². The molecule has 0 bridgehead atoms. The van der Waals surface area contributed by atoms with E-state index in [1.165, 1.54) is 0 Å². The Morgan fingerprint density at radius 2 is 1.76 bits per heavy atom. The topological polar surface area (TPSA) is 53.2 Å². The number of phenolic OH excluding ortho intramolecular Hbond substituents is 1. The van der Waals surface area contributed by atoms with Gasteiger partial charge in [-0.25, -0.2) is 0 Å². The van der Waals surface area contributed by atoms with E-state index in [1.807, 2.05) is 24.3 Å². The van der Waals surface area contributed by atoms with Crippen LogP contribution in [0.15, 0.2) is 54.6 Å². The van der Waals surface area contributed by atoms with Crippen LogP contribution < -0.4 is 4.74 Å². The van der Waals surface area contributed by atoms with Crippen LogP contribution in [0.4, 0.5) is 0 Å². The van der Waals surface area contributed by atoms with E-state index in [-0.39, 0.29) is 5.75 Å². The van der Waals surface area contributed by atoms with E-state index in [0.717, 1.165) is 10.8 Å². The number of rotatable bonds is 2. The number of hydrogen-bond donors (Lipinski definition) is 1. The second-order valence-electron chi connectivity index (χ2n) is 4.55. The molecule has 102 valence electrons. The van der Waals surface area contributed by atoms with Gasteiger partial charge in [-0.05, 0) is 53.2 Å². The minimum absolute atomic E-state index is 0.198. The van der Waals surface area contributed by atoms with E-state index in [9.17, 15) is 5.11 Å². The minimum atomic E-state index is 0.198. The van der Waals surface area contributed by atoms with Crippen LogP contribution in [0.5, 0.6) is 17.2 Å².